The van der Waals surface area contributed by atoms with Gasteiger partial charge in [-0.05, 0) is 12.8 Å². The Kier molecular flexibility index (Phi) is 5.23. The predicted octanol–water partition coefficient (Wildman–Crippen LogP) is 1.89. The number of aliphatic hydroxyl groups excluding tert-OH is 1. The quantitative estimate of drug-likeness (QED) is 0.570. The van der Waals surface area contributed by atoms with Crippen LogP contribution in [0.2, 0.25) is 0 Å². The molecule has 0 aliphatic carbocycles. The molecule has 0 saturated carbocycles. The number of hydrogen-bond donors (Lipinski definition) is 1. The summed E-state index contributed by atoms with van der Waals surface area (Å²) in [6, 6.07) is 0. The van der Waals surface area contributed by atoms with Gasteiger partial charge in [-0.3, -0.25) is 0 Å². The van der Waals surface area contributed by atoms with Gasteiger partial charge in [0.2, 0.25) is 0 Å². The second kappa shape index (κ2) is 5.57. The summed E-state index contributed by atoms with van der Waals surface area (Å²) in [5.41, 5.74) is 0. The summed E-state index contributed by atoms with van der Waals surface area (Å²) in [6.07, 6.45) is 6.76. The lowest BCUT2D eigenvalue weighted by molar-refractivity contribution is 0.227. The zero-order valence-corrected chi connectivity index (χ0v) is 5.88. The molecule has 0 aliphatic rings. The topological polar surface area (TPSA) is 20.2 Å². The van der Waals surface area contributed by atoms with E-state index in [1.165, 1.54) is 0 Å². The van der Waals surface area contributed by atoms with E-state index in [-0.39, 0.29) is 6.10 Å². The van der Waals surface area contributed by atoms with Gasteiger partial charge >= 0.3 is 0 Å². The molecular weight excluding hydrogens is 112 g/mol. The molecule has 0 fully saturated rings. The fourth-order valence-electron chi connectivity index (χ4n) is 0.542. The van der Waals surface area contributed by atoms with Crippen LogP contribution in [-0.2, 0) is 0 Å². The van der Waals surface area contributed by atoms with E-state index >= 15 is 0 Å². The van der Waals surface area contributed by atoms with E-state index in [4.69, 9.17) is 5.11 Å². The Morgan fingerprint density at radius 3 is 2.78 bits per heavy atom. The summed E-state index contributed by atoms with van der Waals surface area (Å²) in [5.74, 6) is 0. The Hall–Kier alpha value is -0.560. The van der Waals surface area contributed by atoms with Crippen LogP contribution in [0.4, 0.5) is 0 Å². The van der Waals surface area contributed by atoms with Crippen molar-refractivity contribution in [2.75, 3.05) is 0 Å². The monoisotopic (exact) mass is 126 g/mol. The van der Waals surface area contributed by atoms with Gasteiger partial charge in [0, 0.05) is 0 Å². The third-order valence-corrected chi connectivity index (χ3v) is 1.00. The zero-order chi connectivity index (χ0) is 7.11. The van der Waals surface area contributed by atoms with Crippen LogP contribution in [0, 0.1) is 0 Å². The largest absolute Gasteiger partial charge is 0.389 e. The van der Waals surface area contributed by atoms with Crippen LogP contribution in [-0.4, -0.2) is 11.2 Å². The van der Waals surface area contributed by atoms with Gasteiger partial charge in [0.1, 0.15) is 0 Å². The lowest BCUT2D eigenvalue weighted by atomic mass is 10.2. The first kappa shape index (κ1) is 8.44. The van der Waals surface area contributed by atoms with Crippen molar-refractivity contribution in [1.29, 1.82) is 0 Å². The van der Waals surface area contributed by atoms with Gasteiger partial charge in [-0.15, -0.1) is 6.58 Å². The highest BCUT2D eigenvalue weighted by Gasteiger charge is 1.90. The fraction of sp³-hybridized carbons (Fsp3) is 0.500. The summed E-state index contributed by atoms with van der Waals surface area (Å²) >= 11 is 0. The Balaban J connectivity index is 3.35. The molecule has 0 aromatic heterocycles. The first-order valence-electron chi connectivity index (χ1n) is 3.26. The molecule has 1 N–H and O–H groups in total. The Labute approximate surface area is 56.7 Å². The standard InChI is InChI=1S/C8H14O/c1-3-5-7-8(9)6-4-2/h4-5,7-9H,2-3,6H2,1H3. The molecule has 0 amide bonds. The molecule has 0 saturated heterocycles. The van der Waals surface area contributed by atoms with Crippen molar-refractivity contribution in [2.45, 2.75) is 25.9 Å². The summed E-state index contributed by atoms with van der Waals surface area (Å²) in [6.45, 7) is 5.55. The van der Waals surface area contributed by atoms with Crippen LogP contribution >= 0.6 is 0 Å². The van der Waals surface area contributed by atoms with Gasteiger partial charge in [-0.1, -0.05) is 25.2 Å². The van der Waals surface area contributed by atoms with Crippen LogP contribution in [0.25, 0.3) is 0 Å². The van der Waals surface area contributed by atoms with E-state index in [0.29, 0.717) is 6.42 Å². The molecule has 0 spiro atoms. The second-order valence-corrected chi connectivity index (χ2v) is 1.93. The van der Waals surface area contributed by atoms with Crippen LogP contribution in [0.5, 0.6) is 0 Å². The second-order valence-electron chi connectivity index (χ2n) is 1.93. The smallest absolute Gasteiger partial charge is 0.0755 e. The minimum atomic E-state index is -0.331. The summed E-state index contributed by atoms with van der Waals surface area (Å²) in [5, 5.41) is 9.02. The third kappa shape index (κ3) is 5.31. The van der Waals surface area contributed by atoms with Gasteiger partial charge in [0.15, 0.2) is 0 Å². The van der Waals surface area contributed by atoms with E-state index < -0.39 is 0 Å². The lowest BCUT2D eigenvalue weighted by Gasteiger charge is -1.97. The molecule has 0 aromatic carbocycles. The molecular formula is C8H14O. The van der Waals surface area contributed by atoms with Gasteiger partial charge in [0.05, 0.1) is 6.10 Å². The maximum absolute atomic E-state index is 9.02. The van der Waals surface area contributed by atoms with Crippen molar-refractivity contribution in [3.05, 3.63) is 24.8 Å². The summed E-state index contributed by atoms with van der Waals surface area (Å²) < 4.78 is 0. The van der Waals surface area contributed by atoms with E-state index in [1.54, 1.807) is 12.2 Å². The maximum atomic E-state index is 9.02. The lowest BCUT2D eigenvalue weighted by Crippen LogP contribution is -1.98. The number of aliphatic hydroxyl groups is 1. The normalized spacial score (nSPS) is 14.0. The molecule has 1 heteroatoms. The van der Waals surface area contributed by atoms with Crippen LogP contribution in [0.3, 0.4) is 0 Å². The molecule has 1 nitrogen and oxygen atoms in total. The first-order valence-corrected chi connectivity index (χ1v) is 3.26. The van der Waals surface area contributed by atoms with Crippen molar-refractivity contribution in [2.24, 2.45) is 0 Å². The van der Waals surface area contributed by atoms with Gasteiger partial charge in [-0.2, -0.15) is 0 Å². The molecule has 1 atom stereocenters. The third-order valence-electron chi connectivity index (χ3n) is 1.00. The average Bonchev–Trinajstić information content (AvgIpc) is 1.85. The minimum Gasteiger partial charge on any atom is -0.389 e. The number of hydrogen-bond acceptors (Lipinski definition) is 1. The Morgan fingerprint density at radius 2 is 2.33 bits per heavy atom. The van der Waals surface area contributed by atoms with E-state index in [2.05, 4.69) is 6.58 Å². The van der Waals surface area contributed by atoms with E-state index in [0.717, 1.165) is 6.42 Å². The SMILES string of the molecule is C=CCC(O)C=CCC. The first-order chi connectivity index (χ1) is 4.31. The molecule has 52 valence electrons. The Morgan fingerprint density at radius 1 is 1.67 bits per heavy atom. The summed E-state index contributed by atoms with van der Waals surface area (Å²) in [7, 11) is 0. The highest BCUT2D eigenvalue weighted by Crippen LogP contribution is 1.94. The van der Waals surface area contributed by atoms with Crippen LogP contribution < -0.4 is 0 Å². The van der Waals surface area contributed by atoms with Gasteiger partial charge in [-0.25, -0.2) is 0 Å². The molecule has 0 radical (unpaired) electrons. The van der Waals surface area contributed by atoms with E-state index in [1.807, 2.05) is 13.0 Å². The zero-order valence-electron chi connectivity index (χ0n) is 5.88. The van der Waals surface area contributed by atoms with Gasteiger partial charge in [0.25, 0.3) is 0 Å². The average molecular weight is 126 g/mol. The molecule has 9 heavy (non-hydrogen) atoms. The Bertz CT molecular complexity index is 94.7. The molecule has 0 aromatic rings. The van der Waals surface area contributed by atoms with Crippen molar-refractivity contribution >= 4 is 0 Å². The molecule has 0 rings (SSSR count). The van der Waals surface area contributed by atoms with Crippen molar-refractivity contribution < 1.29 is 5.11 Å². The highest BCUT2D eigenvalue weighted by molar-refractivity contribution is 4.90. The van der Waals surface area contributed by atoms with E-state index in [9.17, 15) is 0 Å². The molecule has 0 heterocycles. The van der Waals surface area contributed by atoms with Crippen LogP contribution in [0.15, 0.2) is 24.8 Å². The number of allylic oxidation sites excluding steroid dienone is 1. The molecule has 1 unspecified atom stereocenters. The molecule has 0 bridgehead atoms. The predicted molar refractivity (Wildman–Crippen MR) is 40.3 cm³/mol. The van der Waals surface area contributed by atoms with Crippen molar-refractivity contribution in [3.8, 4) is 0 Å². The molecule has 0 aliphatic heterocycles. The highest BCUT2D eigenvalue weighted by atomic mass is 16.3. The fourth-order valence-corrected chi connectivity index (χ4v) is 0.542. The minimum absolute atomic E-state index is 0.331. The van der Waals surface area contributed by atoms with Gasteiger partial charge < -0.3 is 5.11 Å². The maximum Gasteiger partial charge on any atom is 0.0755 e. The van der Waals surface area contributed by atoms with Crippen molar-refractivity contribution in [3.63, 3.8) is 0 Å². The van der Waals surface area contributed by atoms with Crippen LogP contribution in [0.1, 0.15) is 19.8 Å². The summed E-state index contributed by atoms with van der Waals surface area (Å²) in [4.78, 5) is 0. The number of rotatable bonds is 4. The van der Waals surface area contributed by atoms with Crippen molar-refractivity contribution in [1.82, 2.24) is 0 Å².